The molecular weight excluding hydrogens is 405 g/mol. The number of nitrogens with one attached hydrogen (secondary N) is 2. The Hall–Kier alpha value is -3.39. The van der Waals surface area contributed by atoms with E-state index in [0.29, 0.717) is 33.5 Å². The van der Waals surface area contributed by atoms with Crippen molar-refractivity contribution < 1.29 is 18.7 Å². The molecule has 0 bridgehead atoms. The van der Waals surface area contributed by atoms with Crippen LogP contribution >= 0.6 is 11.8 Å². The van der Waals surface area contributed by atoms with Gasteiger partial charge in [-0.3, -0.25) is 9.59 Å². The number of nitrogens with zero attached hydrogens (tertiary/aromatic N) is 1. The Morgan fingerprint density at radius 1 is 1.23 bits per heavy atom. The van der Waals surface area contributed by atoms with Crippen molar-refractivity contribution in [3.63, 3.8) is 0 Å². The molecular formula is C22H18FN3O3S. The van der Waals surface area contributed by atoms with Crippen LogP contribution in [0.25, 0.3) is 0 Å². The number of pyridine rings is 1. The van der Waals surface area contributed by atoms with E-state index in [2.05, 4.69) is 15.6 Å². The van der Waals surface area contributed by atoms with Gasteiger partial charge in [0.25, 0.3) is 11.8 Å². The number of ether oxygens (including phenoxy) is 1. The Balaban J connectivity index is 1.48. The number of fused-ring (bicyclic) bond motifs is 1. The quantitative estimate of drug-likeness (QED) is 0.592. The van der Waals surface area contributed by atoms with Crippen LogP contribution in [0.15, 0.2) is 65.8 Å². The number of halogens is 1. The second kappa shape index (κ2) is 8.54. The summed E-state index contributed by atoms with van der Waals surface area (Å²) in [5.41, 5.74) is 2.39. The highest BCUT2D eigenvalue weighted by Gasteiger charge is 2.24. The summed E-state index contributed by atoms with van der Waals surface area (Å²) in [6.45, 7) is 1.67. The fourth-order valence-corrected chi connectivity index (χ4v) is 3.84. The average molecular weight is 423 g/mol. The molecule has 4 rings (SSSR count). The molecule has 0 saturated heterocycles. The number of thioether (sulfide) groups is 1. The predicted molar refractivity (Wildman–Crippen MR) is 113 cm³/mol. The smallest absolute Gasteiger partial charge is 0.265 e. The van der Waals surface area contributed by atoms with Gasteiger partial charge in [-0.1, -0.05) is 12.1 Å². The minimum absolute atomic E-state index is 0.238. The van der Waals surface area contributed by atoms with Gasteiger partial charge in [0.2, 0.25) is 0 Å². The summed E-state index contributed by atoms with van der Waals surface area (Å²) in [5.74, 6) is 0.261. The van der Waals surface area contributed by atoms with Crippen LogP contribution in [0.5, 0.6) is 5.75 Å². The van der Waals surface area contributed by atoms with Crippen molar-refractivity contribution in [1.29, 1.82) is 0 Å². The zero-order valence-corrected chi connectivity index (χ0v) is 16.8. The summed E-state index contributed by atoms with van der Waals surface area (Å²) < 4.78 is 18.6. The van der Waals surface area contributed by atoms with Gasteiger partial charge in [0, 0.05) is 17.6 Å². The first-order valence-corrected chi connectivity index (χ1v) is 10.2. The van der Waals surface area contributed by atoms with Gasteiger partial charge in [0.15, 0.2) is 6.10 Å². The maximum absolute atomic E-state index is 13.1. The summed E-state index contributed by atoms with van der Waals surface area (Å²) in [6.07, 6.45) is 1.06. The van der Waals surface area contributed by atoms with Gasteiger partial charge in [-0.25, -0.2) is 9.37 Å². The second-order valence-corrected chi connectivity index (χ2v) is 7.65. The number of benzene rings is 2. The Bertz CT molecular complexity index is 1110. The number of carbonyl (C=O) groups is 2. The minimum Gasteiger partial charge on any atom is -0.479 e. The molecule has 2 aromatic carbocycles. The van der Waals surface area contributed by atoms with Crippen molar-refractivity contribution in [3.8, 4) is 5.75 Å². The largest absolute Gasteiger partial charge is 0.479 e. The van der Waals surface area contributed by atoms with E-state index in [0.717, 1.165) is 5.56 Å². The second-order valence-electron chi connectivity index (χ2n) is 6.69. The minimum atomic E-state index is -0.561. The lowest BCUT2D eigenvalue weighted by Gasteiger charge is -2.23. The molecule has 152 valence electrons. The molecule has 2 amide bonds. The monoisotopic (exact) mass is 423 g/mol. The molecule has 0 unspecified atom stereocenters. The summed E-state index contributed by atoms with van der Waals surface area (Å²) in [7, 11) is 0. The number of rotatable bonds is 5. The molecule has 1 aliphatic heterocycles. The van der Waals surface area contributed by atoms with E-state index in [9.17, 15) is 14.0 Å². The standard InChI is InChI=1S/C22H18FN3O3S/c1-13-20(27)26-18-11-16(8-9-19(18)29-13)25-21(28)17-3-2-10-24-22(17)30-12-14-4-6-15(23)7-5-14/h2-11,13H,12H2,1H3,(H,25,28)(H,26,27)/t13-/m1/s1. The van der Waals surface area contributed by atoms with Crippen LogP contribution in [-0.4, -0.2) is 22.9 Å². The molecule has 0 saturated carbocycles. The molecule has 1 aliphatic rings. The highest BCUT2D eigenvalue weighted by molar-refractivity contribution is 7.98. The Morgan fingerprint density at radius 2 is 2.03 bits per heavy atom. The molecule has 0 aliphatic carbocycles. The van der Waals surface area contributed by atoms with Crippen molar-refractivity contribution in [2.45, 2.75) is 23.8 Å². The van der Waals surface area contributed by atoms with Crippen molar-refractivity contribution in [2.24, 2.45) is 0 Å². The Morgan fingerprint density at radius 3 is 2.83 bits per heavy atom. The van der Waals surface area contributed by atoms with Crippen LogP contribution < -0.4 is 15.4 Å². The highest BCUT2D eigenvalue weighted by atomic mass is 32.2. The van der Waals surface area contributed by atoms with Crippen LogP contribution in [0.2, 0.25) is 0 Å². The summed E-state index contributed by atoms with van der Waals surface area (Å²) in [5, 5.41) is 6.16. The zero-order valence-electron chi connectivity index (χ0n) is 16.0. The number of carbonyl (C=O) groups excluding carboxylic acids is 2. The van der Waals surface area contributed by atoms with Gasteiger partial charge in [-0.15, -0.1) is 11.8 Å². The van der Waals surface area contributed by atoms with Gasteiger partial charge in [0.1, 0.15) is 16.6 Å². The SMILES string of the molecule is C[C@H]1Oc2ccc(NC(=O)c3cccnc3SCc3ccc(F)cc3)cc2NC1=O. The van der Waals surface area contributed by atoms with Crippen LogP contribution in [0.3, 0.4) is 0 Å². The molecule has 0 fully saturated rings. The first kappa shape index (κ1) is 19.9. The molecule has 2 heterocycles. The molecule has 6 nitrogen and oxygen atoms in total. The Labute approximate surface area is 176 Å². The molecule has 8 heteroatoms. The fourth-order valence-electron chi connectivity index (χ4n) is 2.90. The maximum atomic E-state index is 13.1. The number of aromatic nitrogens is 1. The molecule has 2 N–H and O–H groups in total. The lowest BCUT2D eigenvalue weighted by Crippen LogP contribution is -2.34. The molecule has 3 aromatic rings. The van der Waals surface area contributed by atoms with Crippen LogP contribution in [0.4, 0.5) is 15.8 Å². The third-order valence-electron chi connectivity index (χ3n) is 4.47. The van der Waals surface area contributed by atoms with Gasteiger partial charge < -0.3 is 15.4 Å². The number of hydrogen-bond acceptors (Lipinski definition) is 5. The lowest BCUT2D eigenvalue weighted by molar-refractivity contribution is -0.122. The number of amides is 2. The van der Waals surface area contributed by atoms with Gasteiger partial charge in [-0.05, 0) is 55.0 Å². The third kappa shape index (κ3) is 4.44. The van der Waals surface area contributed by atoms with Crippen LogP contribution in [0, 0.1) is 5.82 Å². The summed E-state index contributed by atoms with van der Waals surface area (Å²) in [6, 6.07) is 14.7. The first-order chi connectivity index (χ1) is 14.5. The summed E-state index contributed by atoms with van der Waals surface area (Å²) >= 11 is 1.40. The van der Waals surface area contributed by atoms with E-state index >= 15 is 0 Å². The lowest BCUT2D eigenvalue weighted by atomic mass is 10.2. The highest BCUT2D eigenvalue weighted by Crippen LogP contribution is 2.32. The predicted octanol–water partition coefficient (Wildman–Crippen LogP) is 4.48. The van der Waals surface area contributed by atoms with E-state index in [1.807, 2.05) is 0 Å². The van der Waals surface area contributed by atoms with Gasteiger partial charge in [0.05, 0.1) is 11.3 Å². The van der Waals surface area contributed by atoms with E-state index in [4.69, 9.17) is 4.74 Å². The fraction of sp³-hybridized carbons (Fsp3) is 0.136. The zero-order chi connectivity index (χ0) is 21.1. The van der Waals surface area contributed by atoms with Gasteiger partial charge >= 0.3 is 0 Å². The van der Waals surface area contributed by atoms with E-state index in [1.165, 1.54) is 23.9 Å². The summed E-state index contributed by atoms with van der Waals surface area (Å²) in [4.78, 5) is 29.0. The maximum Gasteiger partial charge on any atom is 0.265 e. The Kier molecular flexibility index (Phi) is 5.67. The normalized spacial score (nSPS) is 15.0. The van der Waals surface area contributed by atoms with Crippen LogP contribution in [0.1, 0.15) is 22.8 Å². The molecule has 30 heavy (non-hydrogen) atoms. The van der Waals surface area contributed by atoms with Crippen molar-refractivity contribution in [3.05, 3.63) is 77.7 Å². The molecule has 0 spiro atoms. The third-order valence-corrected chi connectivity index (χ3v) is 5.55. The molecule has 1 atom stereocenters. The van der Waals surface area contributed by atoms with E-state index < -0.39 is 6.10 Å². The average Bonchev–Trinajstić information content (AvgIpc) is 2.74. The van der Waals surface area contributed by atoms with E-state index in [1.54, 1.807) is 55.6 Å². The number of hydrogen-bond donors (Lipinski definition) is 2. The van der Waals surface area contributed by atoms with Crippen molar-refractivity contribution >= 4 is 35.0 Å². The van der Waals surface area contributed by atoms with E-state index in [-0.39, 0.29) is 17.6 Å². The first-order valence-electron chi connectivity index (χ1n) is 9.25. The van der Waals surface area contributed by atoms with Crippen LogP contribution in [-0.2, 0) is 10.5 Å². The van der Waals surface area contributed by atoms with Crippen molar-refractivity contribution in [1.82, 2.24) is 4.98 Å². The number of anilines is 2. The van der Waals surface area contributed by atoms with Crippen molar-refractivity contribution in [2.75, 3.05) is 10.6 Å². The molecule has 1 aromatic heterocycles. The molecule has 0 radical (unpaired) electrons. The van der Waals surface area contributed by atoms with Gasteiger partial charge in [-0.2, -0.15) is 0 Å². The topological polar surface area (TPSA) is 80.3 Å².